The van der Waals surface area contributed by atoms with Gasteiger partial charge in [0.2, 0.25) is 0 Å². The summed E-state index contributed by atoms with van der Waals surface area (Å²) in [7, 11) is 0. The van der Waals surface area contributed by atoms with Gasteiger partial charge in [-0.05, 0) is 45.6 Å². The SMILES string of the molecule is CCOCCCN1CC(CN)CCC1C. The van der Waals surface area contributed by atoms with Gasteiger partial charge in [-0.2, -0.15) is 0 Å². The average molecular weight is 214 g/mol. The van der Waals surface area contributed by atoms with Crippen molar-refractivity contribution < 1.29 is 4.74 Å². The molecule has 1 saturated heterocycles. The second-order valence-electron chi connectivity index (χ2n) is 4.57. The fraction of sp³-hybridized carbons (Fsp3) is 1.00. The fourth-order valence-electron chi connectivity index (χ4n) is 2.28. The molecule has 15 heavy (non-hydrogen) atoms. The third-order valence-electron chi connectivity index (χ3n) is 3.38. The first-order valence-corrected chi connectivity index (χ1v) is 6.29. The summed E-state index contributed by atoms with van der Waals surface area (Å²) in [4.78, 5) is 2.57. The molecular formula is C12H26N2O. The normalized spacial score (nSPS) is 28.2. The Hall–Kier alpha value is -0.120. The van der Waals surface area contributed by atoms with E-state index in [1.165, 1.54) is 19.4 Å². The minimum Gasteiger partial charge on any atom is -0.382 e. The highest BCUT2D eigenvalue weighted by molar-refractivity contribution is 4.79. The summed E-state index contributed by atoms with van der Waals surface area (Å²) < 4.78 is 5.36. The van der Waals surface area contributed by atoms with Crippen LogP contribution in [0.2, 0.25) is 0 Å². The molecule has 0 aromatic carbocycles. The molecule has 1 rings (SSSR count). The molecule has 2 unspecified atom stereocenters. The Morgan fingerprint density at radius 1 is 1.40 bits per heavy atom. The summed E-state index contributed by atoms with van der Waals surface area (Å²) in [6.07, 6.45) is 3.76. The molecule has 0 amide bonds. The van der Waals surface area contributed by atoms with Gasteiger partial charge in [0.15, 0.2) is 0 Å². The smallest absolute Gasteiger partial charge is 0.0478 e. The summed E-state index contributed by atoms with van der Waals surface area (Å²) in [6.45, 7) is 9.30. The first-order valence-electron chi connectivity index (χ1n) is 6.29. The predicted octanol–water partition coefficient (Wildman–Crippen LogP) is 1.47. The van der Waals surface area contributed by atoms with Crippen LogP contribution in [0.5, 0.6) is 0 Å². The Bertz CT molecular complexity index is 164. The number of hydrogen-bond donors (Lipinski definition) is 1. The molecule has 0 radical (unpaired) electrons. The Balaban J connectivity index is 2.19. The van der Waals surface area contributed by atoms with Crippen molar-refractivity contribution in [1.82, 2.24) is 4.90 Å². The molecule has 0 aromatic heterocycles. The summed E-state index contributed by atoms with van der Waals surface area (Å²) in [5.74, 6) is 0.716. The van der Waals surface area contributed by atoms with Gasteiger partial charge in [0.25, 0.3) is 0 Å². The molecule has 2 atom stereocenters. The minimum absolute atomic E-state index is 0.716. The maximum Gasteiger partial charge on any atom is 0.0478 e. The number of ether oxygens (including phenoxy) is 1. The zero-order valence-electron chi connectivity index (χ0n) is 10.2. The van der Waals surface area contributed by atoms with Gasteiger partial charge in [0.1, 0.15) is 0 Å². The van der Waals surface area contributed by atoms with Crippen LogP contribution in [0.4, 0.5) is 0 Å². The molecule has 0 saturated carbocycles. The number of rotatable bonds is 6. The summed E-state index contributed by atoms with van der Waals surface area (Å²) >= 11 is 0. The first kappa shape index (κ1) is 12.9. The fourth-order valence-corrected chi connectivity index (χ4v) is 2.28. The van der Waals surface area contributed by atoms with Crippen molar-refractivity contribution in [2.75, 3.05) is 32.8 Å². The van der Waals surface area contributed by atoms with Crippen LogP contribution in [0.25, 0.3) is 0 Å². The topological polar surface area (TPSA) is 38.5 Å². The largest absolute Gasteiger partial charge is 0.382 e. The monoisotopic (exact) mass is 214 g/mol. The van der Waals surface area contributed by atoms with Gasteiger partial charge in [0, 0.05) is 32.3 Å². The maximum absolute atomic E-state index is 5.74. The molecule has 1 heterocycles. The number of likely N-dealkylation sites (tertiary alicyclic amines) is 1. The van der Waals surface area contributed by atoms with Crippen LogP contribution in [0.1, 0.15) is 33.1 Å². The van der Waals surface area contributed by atoms with Crippen LogP contribution in [-0.2, 0) is 4.74 Å². The molecule has 0 aliphatic carbocycles. The van der Waals surface area contributed by atoms with Crippen LogP contribution in [0.3, 0.4) is 0 Å². The lowest BCUT2D eigenvalue weighted by atomic mass is 9.93. The van der Waals surface area contributed by atoms with Crippen molar-refractivity contribution in [3.05, 3.63) is 0 Å². The van der Waals surface area contributed by atoms with Gasteiger partial charge < -0.3 is 15.4 Å². The molecule has 2 N–H and O–H groups in total. The third-order valence-corrected chi connectivity index (χ3v) is 3.38. The van der Waals surface area contributed by atoms with Gasteiger partial charge in [-0.1, -0.05) is 0 Å². The molecule has 3 heteroatoms. The third kappa shape index (κ3) is 4.49. The quantitative estimate of drug-likeness (QED) is 0.681. The number of nitrogens with two attached hydrogens (primary N) is 1. The molecule has 0 aromatic rings. The van der Waals surface area contributed by atoms with Crippen LogP contribution in [-0.4, -0.2) is 43.8 Å². The maximum atomic E-state index is 5.74. The van der Waals surface area contributed by atoms with E-state index in [4.69, 9.17) is 10.5 Å². The van der Waals surface area contributed by atoms with Gasteiger partial charge in [-0.15, -0.1) is 0 Å². The second kappa shape index (κ2) is 7.20. The molecule has 1 fully saturated rings. The van der Waals surface area contributed by atoms with Crippen molar-refractivity contribution in [3.63, 3.8) is 0 Å². The van der Waals surface area contributed by atoms with Gasteiger partial charge in [-0.25, -0.2) is 0 Å². The van der Waals surface area contributed by atoms with Crippen molar-refractivity contribution in [2.24, 2.45) is 11.7 Å². The molecular weight excluding hydrogens is 188 g/mol. The Kier molecular flexibility index (Phi) is 6.22. The lowest BCUT2D eigenvalue weighted by Crippen LogP contribution is -2.44. The van der Waals surface area contributed by atoms with E-state index < -0.39 is 0 Å². The standard InChI is InChI=1S/C12H26N2O/c1-3-15-8-4-7-14-10-12(9-13)6-5-11(14)2/h11-12H,3-10,13H2,1-2H3. The van der Waals surface area contributed by atoms with E-state index in [9.17, 15) is 0 Å². The van der Waals surface area contributed by atoms with Crippen molar-refractivity contribution >= 4 is 0 Å². The van der Waals surface area contributed by atoms with E-state index in [1.54, 1.807) is 0 Å². The zero-order valence-corrected chi connectivity index (χ0v) is 10.2. The van der Waals surface area contributed by atoms with Gasteiger partial charge in [-0.3, -0.25) is 0 Å². The molecule has 0 bridgehead atoms. The number of piperidine rings is 1. The second-order valence-corrected chi connectivity index (χ2v) is 4.57. The highest BCUT2D eigenvalue weighted by Gasteiger charge is 2.23. The Labute approximate surface area is 94.0 Å². The van der Waals surface area contributed by atoms with E-state index in [2.05, 4.69) is 11.8 Å². The molecule has 1 aliphatic heterocycles. The summed E-state index contributed by atoms with van der Waals surface area (Å²) in [6, 6.07) is 0.731. The van der Waals surface area contributed by atoms with Crippen LogP contribution < -0.4 is 5.73 Å². The Morgan fingerprint density at radius 3 is 2.87 bits per heavy atom. The number of hydrogen-bond acceptors (Lipinski definition) is 3. The van der Waals surface area contributed by atoms with E-state index in [0.29, 0.717) is 5.92 Å². The predicted molar refractivity (Wildman–Crippen MR) is 63.9 cm³/mol. The van der Waals surface area contributed by atoms with Crippen molar-refractivity contribution in [2.45, 2.75) is 39.2 Å². The zero-order chi connectivity index (χ0) is 11.1. The van der Waals surface area contributed by atoms with E-state index in [-0.39, 0.29) is 0 Å². The minimum atomic E-state index is 0.716. The lowest BCUT2D eigenvalue weighted by Gasteiger charge is -2.37. The first-order chi connectivity index (χ1) is 7.27. The van der Waals surface area contributed by atoms with Crippen molar-refractivity contribution in [3.8, 4) is 0 Å². The van der Waals surface area contributed by atoms with Gasteiger partial charge >= 0.3 is 0 Å². The molecule has 3 nitrogen and oxygen atoms in total. The van der Waals surface area contributed by atoms with Gasteiger partial charge in [0.05, 0.1) is 0 Å². The lowest BCUT2D eigenvalue weighted by molar-refractivity contribution is 0.0923. The van der Waals surface area contributed by atoms with E-state index >= 15 is 0 Å². The van der Waals surface area contributed by atoms with Crippen molar-refractivity contribution in [1.29, 1.82) is 0 Å². The highest BCUT2D eigenvalue weighted by atomic mass is 16.5. The molecule has 0 spiro atoms. The Morgan fingerprint density at radius 2 is 2.20 bits per heavy atom. The molecule has 90 valence electrons. The van der Waals surface area contributed by atoms with Crippen LogP contribution in [0, 0.1) is 5.92 Å². The average Bonchev–Trinajstić information content (AvgIpc) is 2.26. The van der Waals surface area contributed by atoms with Crippen LogP contribution >= 0.6 is 0 Å². The molecule has 1 aliphatic rings. The van der Waals surface area contributed by atoms with Crippen LogP contribution in [0.15, 0.2) is 0 Å². The highest BCUT2D eigenvalue weighted by Crippen LogP contribution is 2.20. The number of nitrogens with zero attached hydrogens (tertiary/aromatic N) is 1. The van der Waals surface area contributed by atoms with E-state index in [1.807, 2.05) is 6.92 Å². The summed E-state index contributed by atoms with van der Waals surface area (Å²) in [5, 5.41) is 0. The summed E-state index contributed by atoms with van der Waals surface area (Å²) in [5.41, 5.74) is 5.74. The van der Waals surface area contributed by atoms with E-state index in [0.717, 1.165) is 38.8 Å².